The number of nitrogens with zero attached hydrogens (tertiary/aromatic N) is 2. The molecule has 1 heterocycles. The van der Waals surface area contributed by atoms with Crippen LogP contribution in [-0.2, 0) is 6.54 Å². The highest BCUT2D eigenvalue weighted by molar-refractivity contribution is 5.62. The molecule has 78 valence electrons. The zero-order valence-corrected chi connectivity index (χ0v) is 8.30. The largest absolute Gasteiger partial charge is 0.496 e. The van der Waals surface area contributed by atoms with Crippen molar-refractivity contribution in [3.8, 4) is 17.2 Å². The summed E-state index contributed by atoms with van der Waals surface area (Å²) in [5.41, 5.74) is 6.15. The third-order valence-corrected chi connectivity index (χ3v) is 1.98. The molecule has 0 amide bonds. The number of hydrogen-bond acceptors (Lipinski definition) is 5. The second kappa shape index (κ2) is 4.10. The smallest absolute Gasteiger partial charge is 0.251 e. The molecule has 0 aliphatic rings. The summed E-state index contributed by atoms with van der Waals surface area (Å²) < 4.78 is 10.5. The zero-order chi connectivity index (χ0) is 10.7. The minimum Gasteiger partial charge on any atom is -0.496 e. The predicted octanol–water partition coefficient (Wildman–Crippen LogP) is 1.20. The minimum absolute atomic E-state index is 0.238. The highest BCUT2D eigenvalue weighted by atomic mass is 16.5. The highest BCUT2D eigenvalue weighted by Gasteiger charge is 2.11. The molecule has 0 unspecified atom stereocenters. The number of para-hydroxylation sites is 1. The second-order valence-electron chi connectivity index (χ2n) is 2.91. The molecule has 0 atom stereocenters. The first kappa shape index (κ1) is 9.67. The fourth-order valence-electron chi connectivity index (χ4n) is 1.27. The molecule has 1 aromatic carbocycles. The van der Waals surface area contributed by atoms with Gasteiger partial charge in [0.15, 0.2) is 0 Å². The number of benzene rings is 1. The molecule has 1 aromatic heterocycles. The average Bonchev–Trinajstić information content (AvgIpc) is 2.77. The fraction of sp³-hybridized carbons (Fsp3) is 0.200. The van der Waals surface area contributed by atoms with Crippen molar-refractivity contribution in [1.82, 2.24) is 10.2 Å². The lowest BCUT2D eigenvalue weighted by Crippen LogP contribution is -1.95. The van der Waals surface area contributed by atoms with Crippen LogP contribution < -0.4 is 10.5 Å². The molecule has 15 heavy (non-hydrogen) atoms. The first-order chi connectivity index (χ1) is 7.35. The van der Waals surface area contributed by atoms with E-state index in [2.05, 4.69) is 10.2 Å². The van der Waals surface area contributed by atoms with Crippen molar-refractivity contribution in [3.05, 3.63) is 30.2 Å². The molecule has 0 spiro atoms. The van der Waals surface area contributed by atoms with Gasteiger partial charge >= 0.3 is 0 Å². The van der Waals surface area contributed by atoms with Crippen molar-refractivity contribution in [2.75, 3.05) is 7.11 Å². The summed E-state index contributed by atoms with van der Waals surface area (Å²) >= 11 is 0. The van der Waals surface area contributed by atoms with E-state index in [1.54, 1.807) is 7.11 Å². The zero-order valence-electron chi connectivity index (χ0n) is 8.30. The summed E-state index contributed by atoms with van der Waals surface area (Å²) in [5, 5.41) is 7.68. The van der Waals surface area contributed by atoms with Crippen LogP contribution in [-0.4, -0.2) is 17.3 Å². The van der Waals surface area contributed by atoms with E-state index in [1.807, 2.05) is 24.3 Å². The lowest BCUT2D eigenvalue weighted by molar-refractivity contribution is 0.413. The molecule has 0 bridgehead atoms. The van der Waals surface area contributed by atoms with Gasteiger partial charge in [0.1, 0.15) is 5.75 Å². The van der Waals surface area contributed by atoms with Gasteiger partial charge in [0, 0.05) is 0 Å². The van der Waals surface area contributed by atoms with Crippen molar-refractivity contribution in [3.63, 3.8) is 0 Å². The lowest BCUT2D eigenvalue weighted by Gasteiger charge is -2.02. The maximum absolute atomic E-state index is 5.38. The van der Waals surface area contributed by atoms with Crippen LogP contribution >= 0.6 is 0 Å². The fourth-order valence-corrected chi connectivity index (χ4v) is 1.27. The van der Waals surface area contributed by atoms with Crippen LogP contribution in [0, 0.1) is 0 Å². The number of rotatable bonds is 3. The molecule has 0 saturated carbocycles. The Hall–Kier alpha value is -1.88. The van der Waals surface area contributed by atoms with Crippen molar-refractivity contribution >= 4 is 0 Å². The van der Waals surface area contributed by atoms with Gasteiger partial charge in [-0.05, 0) is 12.1 Å². The van der Waals surface area contributed by atoms with Gasteiger partial charge in [-0.1, -0.05) is 12.1 Å². The first-order valence-corrected chi connectivity index (χ1v) is 4.51. The predicted molar refractivity (Wildman–Crippen MR) is 54.2 cm³/mol. The quantitative estimate of drug-likeness (QED) is 0.815. The van der Waals surface area contributed by atoms with Crippen molar-refractivity contribution < 1.29 is 9.15 Å². The maximum Gasteiger partial charge on any atom is 0.251 e. The number of hydrogen-bond donors (Lipinski definition) is 1. The van der Waals surface area contributed by atoms with E-state index in [9.17, 15) is 0 Å². The van der Waals surface area contributed by atoms with Crippen LogP contribution in [0.15, 0.2) is 28.7 Å². The van der Waals surface area contributed by atoms with Crippen LogP contribution in [0.1, 0.15) is 5.89 Å². The van der Waals surface area contributed by atoms with Crippen molar-refractivity contribution in [2.24, 2.45) is 5.73 Å². The highest BCUT2D eigenvalue weighted by Crippen LogP contribution is 2.27. The molecule has 0 radical (unpaired) electrons. The van der Waals surface area contributed by atoms with Crippen LogP contribution in [0.3, 0.4) is 0 Å². The van der Waals surface area contributed by atoms with E-state index >= 15 is 0 Å². The second-order valence-corrected chi connectivity index (χ2v) is 2.91. The Labute approximate surface area is 86.9 Å². The molecule has 5 nitrogen and oxygen atoms in total. The minimum atomic E-state index is 0.238. The van der Waals surface area contributed by atoms with E-state index in [1.165, 1.54) is 0 Å². The Morgan fingerprint density at radius 1 is 1.33 bits per heavy atom. The van der Waals surface area contributed by atoms with Crippen LogP contribution in [0.4, 0.5) is 0 Å². The Balaban J connectivity index is 2.44. The Morgan fingerprint density at radius 3 is 2.80 bits per heavy atom. The Kier molecular flexibility index (Phi) is 2.64. The van der Waals surface area contributed by atoms with E-state index in [4.69, 9.17) is 14.9 Å². The van der Waals surface area contributed by atoms with Crippen molar-refractivity contribution in [2.45, 2.75) is 6.54 Å². The number of ether oxygens (including phenoxy) is 1. The van der Waals surface area contributed by atoms with Gasteiger partial charge in [0.05, 0.1) is 19.2 Å². The summed E-state index contributed by atoms with van der Waals surface area (Å²) in [7, 11) is 1.60. The first-order valence-electron chi connectivity index (χ1n) is 4.51. The normalized spacial score (nSPS) is 10.3. The monoisotopic (exact) mass is 205 g/mol. The van der Waals surface area contributed by atoms with Crippen LogP contribution in [0.2, 0.25) is 0 Å². The van der Waals surface area contributed by atoms with E-state index in [-0.39, 0.29) is 6.54 Å². The third kappa shape index (κ3) is 1.82. The molecule has 0 saturated heterocycles. The summed E-state index contributed by atoms with van der Waals surface area (Å²) in [6.45, 7) is 0.238. The van der Waals surface area contributed by atoms with Crippen LogP contribution in [0.5, 0.6) is 5.75 Å². The molecule has 2 aromatic rings. The number of aromatic nitrogens is 2. The Morgan fingerprint density at radius 2 is 2.13 bits per heavy atom. The average molecular weight is 205 g/mol. The summed E-state index contributed by atoms with van der Waals surface area (Å²) in [5.74, 6) is 1.54. The van der Waals surface area contributed by atoms with Crippen molar-refractivity contribution in [1.29, 1.82) is 0 Å². The molecule has 5 heteroatoms. The standard InChI is InChI=1S/C10H11N3O2/c1-14-8-5-3-2-4-7(8)10-13-12-9(6-11)15-10/h2-5H,6,11H2,1H3. The van der Waals surface area contributed by atoms with Crippen LogP contribution in [0.25, 0.3) is 11.5 Å². The van der Waals surface area contributed by atoms with Gasteiger partial charge in [-0.3, -0.25) is 0 Å². The molecular formula is C10H11N3O2. The van der Waals surface area contributed by atoms with E-state index in [0.29, 0.717) is 17.5 Å². The summed E-state index contributed by atoms with van der Waals surface area (Å²) in [6, 6.07) is 7.45. The Bertz CT molecular complexity index is 453. The summed E-state index contributed by atoms with van der Waals surface area (Å²) in [4.78, 5) is 0. The van der Waals surface area contributed by atoms with Gasteiger partial charge in [-0.15, -0.1) is 10.2 Å². The lowest BCUT2D eigenvalue weighted by atomic mass is 10.2. The molecular weight excluding hydrogens is 194 g/mol. The summed E-state index contributed by atoms with van der Waals surface area (Å²) in [6.07, 6.45) is 0. The topological polar surface area (TPSA) is 74.2 Å². The molecule has 0 aliphatic carbocycles. The van der Waals surface area contributed by atoms with Gasteiger partial charge in [0.25, 0.3) is 5.89 Å². The number of methoxy groups -OCH3 is 1. The van der Waals surface area contributed by atoms with Gasteiger partial charge in [0.2, 0.25) is 5.89 Å². The SMILES string of the molecule is COc1ccccc1-c1nnc(CN)o1. The van der Waals surface area contributed by atoms with Gasteiger partial charge < -0.3 is 14.9 Å². The third-order valence-electron chi connectivity index (χ3n) is 1.98. The van der Waals surface area contributed by atoms with Gasteiger partial charge in [-0.25, -0.2) is 0 Å². The van der Waals surface area contributed by atoms with E-state index < -0.39 is 0 Å². The maximum atomic E-state index is 5.38. The van der Waals surface area contributed by atoms with E-state index in [0.717, 1.165) is 5.56 Å². The molecule has 0 fully saturated rings. The van der Waals surface area contributed by atoms with Gasteiger partial charge in [-0.2, -0.15) is 0 Å². The molecule has 2 rings (SSSR count). The molecule has 0 aliphatic heterocycles. The molecule has 2 N–H and O–H groups in total. The number of nitrogens with two attached hydrogens (primary N) is 1.